The predicted octanol–water partition coefficient (Wildman–Crippen LogP) is 2.03. The van der Waals surface area contributed by atoms with Crippen LogP contribution < -0.4 is 0 Å². The summed E-state index contributed by atoms with van der Waals surface area (Å²) in [6.45, 7) is -0.866. The third-order valence-electron chi connectivity index (χ3n) is 3.03. The first kappa shape index (κ1) is 14.3. The standard InChI is InChI=1S/C15H12F2O3/c16-12-5-1-10(2-6-12)14(19)15(20,9-18)11-3-7-13(17)8-4-11/h1-8,18,20H,9H2. The van der Waals surface area contributed by atoms with Crippen LogP contribution in [0.3, 0.4) is 0 Å². The molecule has 0 spiro atoms. The Bertz CT molecular complexity index is 608. The summed E-state index contributed by atoms with van der Waals surface area (Å²) < 4.78 is 25.7. The lowest BCUT2D eigenvalue weighted by Gasteiger charge is -2.25. The molecule has 5 heteroatoms. The minimum Gasteiger partial charge on any atom is -0.393 e. The molecule has 0 saturated heterocycles. The largest absolute Gasteiger partial charge is 0.393 e. The van der Waals surface area contributed by atoms with Crippen molar-refractivity contribution in [2.45, 2.75) is 5.60 Å². The van der Waals surface area contributed by atoms with Crippen molar-refractivity contribution >= 4 is 5.78 Å². The molecule has 2 N–H and O–H groups in total. The first-order chi connectivity index (χ1) is 9.47. The number of hydrogen-bond donors (Lipinski definition) is 2. The van der Waals surface area contributed by atoms with Crippen LogP contribution in [0.4, 0.5) is 8.78 Å². The van der Waals surface area contributed by atoms with Crippen molar-refractivity contribution in [3.05, 3.63) is 71.3 Å². The maximum Gasteiger partial charge on any atom is 0.201 e. The summed E-state index contributed by atoms with van der Waals surface area (Å²) >= 11 is 0. The summed E-state index contributed by atoms with van der Waals surface area (Å²) in [5.74, 6) is -1.83. The normalized spacial score (nSPS) is 13.8. The van der Waals surface area contributed by atoms with Gasteiger partial charge in [0, 0.05) is 5.56 Å². The van der Waals surface area contributed by atoms with Crippen LogP contribution in [0.15, 0.2) is 48.5 Å². The number of ketones is 1. The second-order valence-corrected chi connectivity index (χ2v) is 4.36. The van der Waals surface area contributed by atoms with Crippen molar-refractivity contribution in [3.63, 3.8) is 0 Å². The third-order valence-corrected chi connectivity index (χ3v) is 3.03. The van der Waals surface area contributed by atoms with E-state index in [1.54, 1.807) is 0 Å². The van der Waals surface area contributed by atoms with Crippen LogP contribution in [0, 0.1) is 11.6 Å². The van der Waals surface area contributed by atoms with Gasteiger partial charge in [0.2, 0.25) is 5.78 Å². The second-order valence-electron chi connectivity index (χ2n) is 4.36. The fraction of sp³-hybridized carbons (Fsp3) is 0.133. The molecular formula is C15H12F2O3. The molecule has 0 aliphatic heterocycles. The highest BCUT2D eigenvalue weighted by Crippen LogP contribution is 2.26. The Balaban J connectivity index is 2.42. The molecule has 0 aromatic heterocycles. The van der Waals surface area contributed by atoms with Gasteiger partial charge in [-0.1, -0.05) is 12.1 Å². The monoisotopic (exact) mass is 278 g/mol. The zero-order valence-corrected chi connectivity index (χ0v) is 10.4. The Kier molecular flexibility index (Phi) is 3.92. The molecule has 0 aliphatic rings. The maximum absolute atomic E-state index is 12.9. The molecule has 2 aromatic rings. The van der Waals surface area contributed by atoms with E-state index in [0.29, 0.717) is 0 Å². The Morgan fingerprint density at radius 2 is 1.40 bits per heavy atom. The lowest BCUT2D eigenvalue weighted by molar-refractivity contribution is -0.00404. The van der Waals surface area contributed by atoms with E-state index < -0.39 is 29.6 Å². The van der Waals surface area contributed by atoms with E-state index in [1.165, 1.54) is 24.3 Å². The average molecular weight is 278 g/mol. The molecule has 0 aliphatic carbocycles. The summed E-state index contributed by atoms with van der Waals surface area (Å²) in [6.07, 6.45) is 0. The molecule has 20 heavy (non-hydrogen) atoms. The number of carbonyl (C=O) groups is 1. The maximum atomic E-state index is 12.9. The zero-order chi connectivity index (χ0) is 14.8. The summed E-state index contributed by atoms with van der Waals surface area (Å²) in [4.78, 5) is 12.3. The molecule has 3 nitrogen and oxygen atoms in total. The van der Waals surface area contributed by atoms with Crippen LogP contribution in [0.1, 0.15) is 15.9 Å². The molecule has 2 aromatic carbocycles. The second kappa shape index (κ2) is 5.48. The Morgan fingerprint density at radius 1 is 0.950 bits per heavy atom. The van der Waals surface area contributed by atoms with Crippen molar-refractivity contribution in [3.8, 4) is 0 Å². The van der Waals surface area contributed by atoms with E-state index >= 15 is 0 Å². The van der Waals surface area contributed by atoms with Crippen LogP contribution in [0.2, 0.25) is 0 Å². The van der Waals surface area contributed by atoms with Gasteiger partial charge in [-0.05, 0) is 42.0 Å². The third kappa shape index (κ3) is 2.59. The predicted molar refractivity (Wildman–Crippen MR) is 68.1 cm³/mol. The number of hydrogen-bond acceptors (Lipinski definition) is 3. The summed E-state index contributed by atoms with van der Waals surface area (Å²) in [5.41, 5.74) is -2.08. The zero-order valence-electron chi connectivity index (χ0n) is 10.4. The number of aliphatic hydroxyl groups excluding tert-OH is 1. The topological polar surface area (TPSA) is 57.5 Å². The number of halogens is 2. The number of benzene rings is 2. The SMILES string of the molecule is O=C(c1ccc(F)cc1)C(O)(CO)c1ccc(F)cc1. The molecule has 0 fully saturated rings. The Morgan fingerprint density at radius 3 is 1.85 bits per heavy atom. The van der Waals surface area contributed by atoms with Crippen LogP contribution in [0.5, 0.6) is 0 Å². The highest BCUT2D eigenvalue weighted by molar-refractivity contribution is 6.02. The van der Waals surface area contributed by atoms with Crippen LogP contribution in [-0.4, -0.2) is 22.6 Å². The molecule has 1 atom stereocenters. The van der Waals surface area contributed by atoms with Gasteiger partial charge in [-0.15, -0.1) is 0 Å². The Labute approximate surface area is 114 Å². The van der Waals surface area contributed by atoms with Crippen molar-refractivity contribution in [1.29, 1.82) is 0 Å². The molecule has 0 heterocycles. The van der Waals surface area contributed by atoms with Gasteiger partial charge in [-0.3, -0.25) is 4.79 Å². The van der Waals surface area contributed by atoms with Gasteiger partial charge in [0.15, 0.2) is 5.60 Å². The molecule has 104 valence electrons. The van der Waals surface area contributed by atoms with Gasteiger partial charge in [-0.25, -0.2) is 8.78 Å². The van der Waals surface area contributed by atoms with E-state index in [1.807, 2.05) is 0 Å². The number of Topliss-reactive ketones (excluding diaryl/α,β-unsaturated/α-hetero) is 1. The van der Waals surface area contributed by atoms with Gasteiger partial charge < -0.3 is 10.2 Å². The number of rotatable bonds is 4. The van der Waals surface area contributed by atoms with Gasteiger partial charge in [-0.2, -0.15) is 0 Å². The fourth-order valence-electron chi connectivity index (χ4n) is 1.86. The van der Waals surface area contributed by atoms with Gasteiger partial charge in [0.25, 0.3) is 0 Å². The molecule has 0 bridgehead atoms. The van der Waals surface area contributed by atoms with Gasteiger partial charge in [0.1, 0.15) is 11.6 Å². The Hall–Kier alpha value is -2.11. The molecule has 1 unspecified atom stereocenters. The molecule has 0 amide bonds. The number of aliphatic hydroxyl groups is 2. The van der Waals surface area contributed by atoms with Crippen molar-refractivity contribution in [2.75, 3.05) is 6.61 Å². The molecule has 0 saturated carbocycles. The van der Waals surface area contributed by atoms with Crippen LogP contribution in [-0.2, 0) is 5.60 Å². The highest BCUT2D eigenvalue weighted by atomic mass is 19.1. The van der Waals surface area contributed by atoms with E-state index in [0.717, 1.165) is 24.3 Å². The summed E-state index contributed by atoms with van der Waals surface area (Å²) in [7, 11) is 0. The van der Waals surface area contributed by atoms with Crippen molar-refractivity contribution in [1.82, 2.24) is 0 Å². The lowest BCUT2D eigenvalue weighted by atomic mass is 9.86. The smallest absolute Gasteiger partial charge is 0.201 e. The van der Waals surface area contributed by atoms with E-state index in [2.05, 4.69) is 0 Å². The number of carbonyl (C=O) groups excluding carboxylic acids is 1. The van der Waals surface area contributed by atoms with Gasteiger partial charge in [0.05, 0.1) is 6.61 Å². The average Bonchev–Trinajstić information content (AvgIpc) is 2.47. The van der Waals surface area contributed by atoms with E-state index in [9.17, 15) is 23.8 Å². The minimum absolute atomic E-state index is 0.0484. The molecular weight excluding hydrogens is 266 g/mol. The minimum atomic E-state index is -2.19. The lowest BCUT2D eigenvalue weighted by Crippen LogP contribution is -2.39. The van der Waals surface area contributed by atoms with Crippen LogP contribution in [0.25, 0.3) is 0 Å². The highest BCUT2D eigenvalue weighted by Gasteiger charge is 2.37. The summed E-state index contributed by atoms with van der Waals surface area (Å²) in [5, 5.41) is 19.7. The van der Waals surface area contributed by atoms with Crippen LogP contribution >= 0.6 is 0 Å². The quantitative estimate of drug-likeness (QED) is 0.841. The summed E-state index contributed by atoms with van der Waals surface area (Å²) in [6, 6.07) is 9.16. The van der Waals surface area contributed by atoms with Crippen molar-refractivity contribution in [2.24, 2.45) is 0 Å². The molecule has 2 rings (SSSR count). The fourth-order valence-corrected chi connectivity index (χ4v) is 1.86. The van der Waals surface area contributed by atoms with Gasteiger partial charge >= 0.3 is 0 Å². The molecule has 0 radical (unpaired) electrons. The first-order valence-electron chi connectivity index (χ1n) is 5.87. The van der Waals surface area contributed by atoms with E-state index in [-0.39, 0.29) is 11.1 Å². The van der Waals surface area contributed by atoms with Crippen molar-refractivity contribution < 1.29 is 23.8 Å². The first-order valence-corrected chi connectivity index (χ1v) is 5.87. The van der Waals surface area contributed by atoms with E-state index in [4.69, 9.17) is 0 Å².